The average molecular weight is 406 g/mol. The lowest BCUT2D eigenvalue weighted by molar-refractivity contribution is 0.0784. The Hall–Kier alpha value is -3.02. The lowest BCUT2D eigenvalue weighted by atomic mass is 9.96. The van der Waals surface area contributed by atoms with E-state index in [4.69, 9.17) is 11.6 Å². The molecule has 2 aromatic heterocycles. The number of carbonyl (C=O) groups excluding carboxylic acids is 1. The lowest BCUT2D eigenvalue weighted by Gasteiger charge is -2.17. The van der Waals surface area contributed by atoms with Crippen molar-refractivity contribution in [1.29, 1.82) is 0 Å². The van der Waals surface area contributed by atoms with Gasteiger partial charge >= 0.3 is 0 Å². The van der Waals surface area contributed by atoms with Crippen molar-refractivity contribution >= 4 is 23.0 Å². The maximum Gasteiger partial charge on any atom is 0.168 e. The van der Waals surface area contributed by atoms with Gasteiger partial charge in [-0.2, -0.15) is 5.10 Å². The van der Waals surface area contributed by atoms with Crippen molar-refractivity contribution in [3.8, 4) is 11.3 Å². The van der Waals surface area contributed by atoms with Crippen LogP contribution in [0.2, 0.25) is 5.02 Å². The maximum absolute atomic E-state index is 12.8. The van der Waals surface area contributed by atoms with Crippen LogP contribution >= 0.6 is 11.6 Å². The molecule has 0 atom stereocenters. The number of rotatable bonds is 5. The van der Waals surface area contributed by atoms with E-state index in [0.29, 0.717) is 21.9 Å². The zero-order valence-electron chi connectivity index (χ0n) is 16.1. The minimum Gasteiger partial charge on any atom is -0.386 e. The number of aliphatic hydroxyl groups is 1. The molecule has 0 unspecified atom stereocenters. The number of carbonyl (C=O) groups is 1. The number of aromatic nitrogens is 3. The zero-order valence-corrected chi connectivity index (χ0v) is 16.9. The minimum atomic E-state index is -0.941. The second-order valence-corrected chi connectivity index (χ2v) is 7.91. The molecule has 0 radical (unpaired) electrons. The third kappa shape index (κ3) is 4.06. The number of hydrogen-bond acceptors (Lipinski definition) is 4. The van der Waals surface area contributed by atoms with Crippen LogP contribution in [0.4, 0.5) is 0 Å². The first-order valence-electron chi connectivity index (χ1n) is 9.27. The second kappa shape index (κ2) is 7.43. The van der Waals surface area contributed by atoms with Crippen molar-refractivity contribution in [2.45, 2.75) is 25.9 Å². The summed E-state index contributed by atoms with van der Waals surface area (Å²) in [5.41, 5.74) is 3.53. The Morgan fingerprint density at radius 3 is 2.41 bits per heavy atom. The summed E-state index contributed by atoms with van der Waals surface area (Å²) in [7, 11) is 0. The van der Waals surface area contributed by atoms with Crippen LogP contribution in [0.25, 0.3) is 16.9 Å². The number of benzene rings is 2. The monoisotopic (exact) mass is 405 g/mol. The summed E-state index contributed by atoms with van der Waals surface area (Å²) in [6.45, 7) is 3.43. The maximum atomic E-state index is 12.8. The Kier molecular flexibility index (Phi) is 4.94. The van der Waals surface area contributed by atoms with Gasteiger partial charge in [0.25, 0.3) is 0 Å². The molecule has 0 bridgehead atoms. The zero-order chi connectivity index (χ0) is 20.6. The first kappa shape index (κ1) is 19.3. The number of hydrogen-bond donors (Lipinski definition) is 1. The smallest absolute Gasteiger partial charge is 0.168 e. The van der Waals surface area contributed by atoms with Crippen molar-refractivity contribution in [3.63, 3.8) is 0 Å². The van der Waals surface area contributed by atoms with Crippen LogP contribution in [0.3, 0.4) is 0 Å². The highest BCUT2D eigenvalue weighted by atomic mass is 35.5. The summed E-state index contributed by atoms with van der Waals surface area (Å²) in [4.78, 5) is 17.4. The van der Waals surface area contributed by atoms with Crippen LogP contribution in [0.1, 0.15) is 35.5 Å². The van der Waals surface area contributed by atoms with Gasteiger partial charge in [0.15, 0.2) is 11.4 Å². The molecule has 0 aliphatic heterocycles. The summed E-state index contributed by atoms with van der Waals surface area (Å²) in [5, 5.41) is 15.1. The van der Waals surface area contributed by atoms with E-state index in [-0.39, 0.29) is 12.2 Å². The van der Waals surface area contributed by atoms with Crippen LogP contribution in [-0.2, 0) is 12.0 Å². The van der Waals surface area contributed by atoms with E-state index in [2.05, 4.69) is 10.1 Å². The highest BCUT2D eigenvalue weighted by Gasteiger charge is 2.17. The standard InChI is InChI=1S/C23H20ClN3O2/c1-23(2,29)17-7-3-16(4-8-17)21(28)14-19-13-20(15-5-9-18(24)10-6-15)27-22(26-19)11-12-25-27/h3-13,29H,14H2,1-2H3. The molecule has 0 aliphatic rings. The molecule has 4 aromatic rings. The Balaban J connectivity index is 1.66. The van der Waals surface area contributed by atoms with Crippen molar-refractivity contribution < 1.29 is 9.90 Å². The predicted octanol–water partition coefficient (Wildman–Crippen LogP) is 4.70. The molecule has 0 saturated heterocycles. The molecule has 0 amide bonds. The van der Waals surface area contributed by atoms with Gasteiger partial charge < -0.3 is 5.11 Å². The molecule has 0 aliphatic carbocycles. The quantitative estimate of drug-likeness (QED) is 0.488. The van der Waals surface area contributed by atoms with Gasteiger partial charge in [0.2, 0.25) is 0 Å². The van der Waals surface area contributed by atoms with Gasteiger partial charge in [-0.3, -0.25) is 4.79 Å². The first-order valence-corrected chi connectivity index (χ1v) is 9.65. The van der Waals surface area contributed by atoms with Gasteiger partial charge in [0.05, 0.1) is 29.6 Å². The Labute approximate surface area is 173 Å². The minimum absolute atomic E-state index is 0.0364. The van der Waals surface area contributed by atoms with Gasteiger partial charge in [0.1, 0.15) is 0 Å². The Morgan fingerprint density at radius 2 is 1.76 bits per heavy atom. The molecular weight excluding hydrogens is 386 g/mol. The molecule has 2 aromatic carbocycles. The van der Waals surface area contributed by atoms with Crippen LogP contribution in [0.5, 0.6) is 0 Å². The van der Waals surface area contributed by atoms with Crippen molar-refractivity contribution in [1.82, 2.24) is 14.6 Å². The van der Waals surface area contributed by atoms with E-state index < -0.39 is 5.60 Å². The summed E-state index contributed by atoms with van der Waals surface area (Å²) >= 11 is 6.01. The van der Waals surface area contributed by atoms with E-state index in [1.807, 2.05) is 36.4 Å². The van der Waals surface area contributed by atoms with E-state index in [1.54, 1.807) is 48.8 Å². The van der Waals surface area contributed by atoms with E-state index in [0.717, 1.165) is 16.8 Å². The van der Waals surface area contributed by atoms with Gasteiger partial charge in [0, 0.05) is 22.2 Å². The highest BCUT2D eigenvalue weighted by Crippen LogP contribution is 2.24. The number of nitrogens with zero attached hydrogens (tertiary/aromatic N) is 3. The third-order valence-corrected chi connectivity index (χ3v) is 5.06. The van der Waals surface area contributed by atoms with Gasteiger partial charge in [-0.1, -0.05) is 48.0 Å². The number of Topliss-reactive ketones (excluding diaryl/α,β-unsaturated/α-hetero) is 1. The normalized spacial score (nSPS) is 11.7. The number of fused-ring (bicyclic) bond motifs is 1. The molecule has 4 rings (SSSR count). The molecule has 5 nitrogen and oxygen atoms in total. The SMILES string of the molecule is CC(C)(O)c1ccc(C(=O)Cc2cc(-c3ccc(Cl)cc3)n3nccc3n2)cc1. The molecule has 0 spiro atoms. The molecule has 29 heavy (non-hydrogen) atoms. The molecule has 146 valence electrons. The molecule has 0 saturated carbocycles. The Morgan fingerprint density at radius 1 is 1.07 bits per heavy atom. The fourth-order valence-electron chi connectivity index (χ4n) is 3.21. The van der Waals surface area contributed by atoms with Crippen LogP contribution in [0.15, 0.2) is 66.9 Å². The van der Waals surface area contributed by atoms with E-state index >= 15 is 0 Å². The molecule has 2 heterocycles. The van der Waals surface area contributed by atoms with E-state index in [9.17, 15) is 9.90 Å². The van der Waals surface area contributed by atoms with Crippen LogP contribution in [-0.4, -0.2) is 25.5 Å². The Bertz CT molecular complexity index is 1170. The van der Waals surface area contributed by atoms with Gasteiger partial charge in [-0.25, -0.2) is 9.50 Å². The third-order valence-electron chi connectivity index (χ3n) is 4.81. The summed E-state index contributed by atoms with van der Waals surface area (Å²) in [6, 6.07) is 18.2. The van der Waals surface area contributed by atoms with Crippen molar-refractivity contribution in [2.24, 2.45) is 0 Å². The van der Waals surface area contributed by atoms with Crippen LogP contribution < -0.4 is 0 Å². The summed E-state index contributed by atoms with van der Waals surface area (Å²) in [6.07, 6.45) is 1.85. The number of halogens is 1. The van der Waals surface area contributed by atoms with Crippen molar-refractivity contribution in [3.05, 3.63) is 88.7 Å². The highest BCUT2D eigenvalue weighted by molar-refractivity contribution is 6.30. The average Bonchev–Trinajstić information content (AvgIpc) is 3.16. The summed E-state index contributed by atoms with van der Waals surface area (Å²) < 4.78 is 1.75. The number of ketones is 1. The molecule has 6 heteroatoms. The first-order chi connectivity index (χ1) is 13.8. The second-order valence-electron chi connectivity index (χ2n) is 7.48. The van der Waals surface area contributed by atoms with E-state index in [1.165, 1.54) is 0 Å². The molecule has 0 fully saturated rings. The molecular formula is C23H20ClN3O2. The van der Waals surface area contributed by atoms with Gasteiger partial charge in [-0.05, 0) is 37.6 Å². The summed E-state index contributed by atoms with van der Waals surface area (Å²) in [5.74, 6) is -0.0364. The fourth-order valence-corrected chi connectivity index (χ4v) is 3.34. The largest absolute Gasteiger partial charge is 0.386 e. The lowest BCUT2D eigenvalue weighted by Crippen LogP contribution is -2.15. The van der Waals surface area contributed by atoms with Crippen LogP contribution in [0, 0.1) is 0 Å². The predicted molar refractivity (Wildman–Crippen MR) is 113 cm³/mol. The topological polar surface area (TPSA) is 67.5 Å². The fraction of sp³-hybridized carbons (Fsp3) is 0.174. The molecule has 1 N–H and O–H groups in total. The van der Waals surface area contributed by atoms with Crippen molar-refractivity contribution in [2.75, 3.05) is 0 Å². The van der Waals surface area contributed by atoms with Gasteiger partial charge in [-0.15, -0.1) is 0 Å².